The zero-order valence-corrected chi connectivity index (χ0v) is 14.2. The standard InChI is InChI=1S/C12H10N2O6S.Na/c15-7-1-3-9(12(17)5-7)13-14-10-6-8(21(18,19)20)2-4-11(10)16;/h1-6,15-17H,(H,18,19,20);/q;+1. The third-order valence-corrected chi connectivity index (χ3v) is 3.32. The van der Waals surface area contributed by atoms with Crippen LogP contribution < -0.4 is 29.6 Å². The Labute approximate surface area is 147 Å². The summed E-state index contributed by atoms with van der Waals surface area (Å²) in [6, 6.07) is 6.55. The Morgan fingerprint density at radius 1 is 0.818 bits per heavy atom. The molecule has 0 saturated heterocycles. The molecule has 10 heteroatoms. The number of nitrogens with zero attached hydrogens (tertiary/aromatic N) is 2. The number of aromatic hydroxyl groups is 3. The van der Waals surface area contributed by atoms with Gasteiger partial charge in [-0.3, -0.25) is 4.55 Å². The van der Waals surface area contributed by atoms with Crippen LogP contribution in [0.15, 0.2) is 51.5 Å². The van der Waals surface area contributed by atoms with Crippen molar-refractivity contribution in [2.24, 2.45) is 10.2 Å². The van der Waals surface area contributed by atoms with Crippen LogP contribution in [0.2, 0.25) is 0 Å². The Morgan fingerprint density at radius 2 is 1.45 bits per heavy atom. The van der Waals surface area contributed by atoms with Gasteiger partial charge < -0.3 is 15.3 Å². The van der Waals surface area contributed by atoms with Gasteiger partial charge in [0.15, 0.2) is 0 Å². The van der Waals surface area contributed by atoms with Crippen LogP contribution in [0.5, 0.6) is 17.2 Å². The minimum Gasteiger partial charge on any atom is -0.508 e. The van der Waals surface area contributed by atoms with Crippen molar-refractivity contribution in [3.8, 4) is 17.2 Å². The van der Waals surface area contributed by atoms with Crippen molar-refractivity contribution in [3.63, 3.8) is 0 Å². The summed E-state index contributed by atoms with van der Waals surface area (Å²) in [6.45, 7) is 0. The zero-order chi connectivity index (χ0) is 15.6. The first-order chi connectivity index (χ1) is 9.77. The summed E-state index contributed by atoms with van der Waals surface area (Å²) in [7, 11) is -4.43. The van der Waals surface area contributed by atoms with E-state index in [1.54, 1.807) is 0 Å². The number of hydrogen-bond acceptors (Lipinski definition) is 7. The van der Waals surface area contributed by atoms with E-state index in [0.717, 1.165) is 24.3 Å². The summed E-state index contributed by atoms with van der Waals surface area (Å²) in [4.78, 5) is -0.454. The molecule has 0 unspecified atom stereocenters. The normalized spacial score (nSPS) is 11.3. The fourth-order valence-corrected chi connectivity index (χ4v) is 1.95. The summed E-state index contributed by atoms with van der Waals surface area (Å²) in [5, 5.41) is 35.4. The minimum atomic E-state index is -4.43. The van der Waals surface area contributed by atoms with Gasteiger partial charge >= 0.3 is 29.6 Å². The molecule has 110 valence electrons. The predicted molar refractivity (Wildman–Crippen MR) is 71.9 cm³/mol. The largest absolute Gasteiger partial charge is 1.00 e. The summed E-state index contributed by atoms with van der Waals surface area (Å²) >= 11 is 0. The van der Waals surface area contributed by atoms with Crippen LogP contribution in [0.4, 0.5) is 11.4 Å². The van der Waals surface area contributed by atoms with Crippen LogP contribution in [-0.4, -0.2) is 28.3 Å². The van der Waals surface area contributed by atoms with Crippen molar-refractivity contribution < 1.29 is 57.8 Å². The Bertz CT molecular complexity index is 822. The average molecular weight is 333 g/mol. The molecular weight excluding hydrogens is 323 g/mol. The van der Waals surface area contributed by atoms with Gasteiger partial charge in [-0.15, -0.1) is 10.2 Å². The number of azo groups is 1. The van der Waals surface area contributed by atoms with Crippen LogP contribution in [-0.2, 0) is 10.1 Å². The summed E-state index contributed by atoms with van der Waals surface area (Å²) < 4.78 is 30.9. The van der Waals surface area contributed by atoms with Gasteiger partial charge in [0.25, 0.3) is 10.1 Å². The van der Waals surface area contributed by atoms with Crippen molar-refractivity contribution in [1.29, 1.82) is 0 Å². The molecule has 0 saturated carbocycles. The third-order valence-electron chi connectivity index (χ3n) is 2.47. The van der Waals surface area contributed by atoms with E-state index >= 15 is 0 Å². The van der Waals surface area contributed by atoms with Gasteiger partial charge in [0.05, 0.1) is 4.90 Å². The van der Waals surface area contributed by atoms with E-state index < -0.39 is 15.0 Å². The summed E-state index contributed by atoms with van der Waals surface area (Å²) in [6.07, 6.45) is 0. The first-order valence-corrected chi connectivity index (χ1v) is 6.95. The Balaban J connectivity index is 0.00000242. The maximum Gasteiger partial charge on any atom is 1.00 e. The van der Waals surface area contributed by atoms with Gasteiger partial charge in [0.1, 0.15) is 28.6 Å². The zero-order valence-electron chi connectivity index (χ0n) is 11.4. The molecule has 0 fully saturated rings. The topological polar surface area (TPSA) is 140 Å². The molecule has 0 aliphatic rings. The molecule has 0 aromatic heterocycles. The van der Waals surface area contributed by atoms with Gasteiger partial charge in [-0.05, 0) is 30.3 Å². The van der Waals surface area contributed by atoms with Gasteiger partial charge in [-0.1, -0.05) is 0 Å². The molecule has 0 aliphatic heterocycles. The summed E-state index contributed by atoms with van der Waals surface area (Å²) in [5.74, 6) is -0.865. The maximum atomic E-state index is 11.0. The Hall–Kier alpha value is -1.65. The van der Waals surface area contributed by atoms with Crippen molar-refractivity contribution in [1.82, 2.24) is 0 Å². The van der Waals surface area contributed by atoms with E-state index in [9.17, 15) is 18.6 Å². The van der Waals surface area contributed by atoms with Crippen LogP contribution in [0, 0.1) is 0 Å². The second-order valence-electron chi connectivity index (χ2n) is 4.00. The van der Waals surface area contributed by atoms with Gasteiger partial charge in [0.2, 0.25) is 0 Å². The third kappa shape index (κ3) is 4.42. The molecular formula is C12H10N2NaO6S+. The van der Waals surface area contributed by atoms with E-state index in [1.165, 1.54) is 12.1 Å². The van der Waals surface area contributed by atoms with E-state index in [0.29, 0.717) is 0 Å². The van der Waals surface area contributed by atoms with Crippen molar-refractivity contribution in [3.05, 3.63) is 36.4 Å². The fourth-order valence-electron chi connectivity index (χ4n) is 1.45. The second kappa shape index (κ2) is 7.07. The fraction of sp³-hybridized carbons (Fsp3) is 0. The van der Waals surface area contributed by atoms with Gasteiger partial charge in [-0.2, -0.15) is 8.42 Å². The number of benzene rings is 2. The van der Waals surface area contributed by atoms with E-state index in [1.807, 2.05) is 0 Å². The van der Waals surface area contributed by atoms with Gasteiger partial charge in [-0.25, -0.2) is 0 Å². The minimum absolute atomic E-state index is 0. The first-order valence-electron chi connectivity index (χ1n) is 5.51. The monoisotopic (exact) mass is 333 g/mol. The average Bonchev–Trinajstić information content (AvgIpc) is 2.38. The van der Waals surface area contributed by atoms with Crippen LogP contribution in [0.25, 0.3) is 0 Å². The van der Waals surface area contributed by atoms with E-state index in [4.69, 9.17) is 9.66 Å². The van der Waals surface area contributed by atoms with Crippen LogP contribution in [0.1, 0.15) is 0 Å². The molecule has 0 spiro atoms. The van der Waals surface area contributed by atoms with Gasteiger partial charge in [0, 0.05) is 6.07 Å². The molecule has 0 bridgehead atoms. The number of phenols is 3. The number of hydrogen-bond donors (Lipinski definition) is 4. The summed E-state index contributed by atoms with van der Waals surface area (Å²) in [5.41, 5.74) is -0.206. The maximum absolute atomic E-state index is 11.0. The quantitative estimate of drug-likeness (QED) is 0.338. The molecule has 0 heterocycles. The molecule has 0 aliphatic carbocycles. The predicted octanol–water partition coefficient (Wildman–Crippen LogP) is -0.530. The van der Waals surface area contributed by atoms with E-state index in [2.05, 4.69) is 10.2 Å². The Morgan fingerprint density at radius 3 is 2.05 bits per heavy atom. The molecule has 0 radical (unpaired) electrons. The van der Waals surface area contributed by atoms with Crippen LogP contribution in [0.3, 0.4) is 0 Å². The van der Waals surface area contributed by atoms with E-state index in [-0.39, 0.29) is 58.2 Å². The molecule has 2 aromatic rings. The smallest absolute Gasteiger partial charge is 0.508 e. The molecule has 2 aromatic carbocycles. The second-order valence-corrected chi connectivity index (χ2v) is 5.42. The molecule has 2 rings (SSSR count). The number of phenolic OH excluding ortho intramolecular Hbond substituents is 3. The van der Waals surface area contributed by atoms with Crippen molar-refractivity contribution in [2.45, 2.75) is 4.90 Å². The van der Waals surface area contributed by atoms with Crippen molar-refractivity contribution >= 4 is 21.5 Å². The molecule has 8 nitrogen and oxygen atoms in total. The SMILES string of the molecule is O=S(=O)(O)c1ccc(O)c(N=Nc2ccc(O)cc2O)c1.[Na+]. The first kappa shape index (κ1) is 18.4. The molecule has 0 amide bonds. The van der Waals surface area contributed by atoms with Crippen molar-refractivity contribution in [2.75, 3.05) is 0 Å². The molecule has 4 N–H and O–H groups in total. The molecule has 22 heavy (non-hydrogen) atoms. The Kier molecular flexibility index (Phi) is 5.92. The van der Waals surface area contributed by atoms with Crippen LogP contribution >= 0.6 is 0 Å². The molecule has 0 atom stereocenters. The number of rotatable bonds is 3.